The van der Waals surface area contributed by atoms with Crippen molar-refractivity contribution in [3.63, 3.8) is 0 Å². The molecular weight excluding hydrogens is 178 g/mol. The molecule has 1 rings (SSSR count). The highest BCUT2D eigenvalue weighted by molar-refractivity contribution is 6.07. The normalized spacial score (nSPS) is 9.79. The summed E-state index contributed by atoms with van der Waals surface area (Å²) in [5.41, 5.74) is 6.63. The van der Waals surface area contributed by atoms with Crippen LogP contribution in [0.4, 0.5) is 5.69 Å². The molecule has 0 saturated heterocycles. The molecule has 3 nitrogen and oxygen atoms in total. The van der Waals surface area contributed by atoms with Gasteiger partial charge in [-0.25, -0.2) is 0 Å². The molecule has 0 aliphatic heterocycles. The second-order valence-corrected chi connectivity index (χ2v) is 3.11. The summed E-state index contributed by atoms with van der Waals surface area (Å²) in [5.74, 6) is -0.177. The van der Waals surface area contributed by atoms with Gasteiger partial charge in [-0.05, 0) is 24.3 Å². The minimum Gasteiger partial charge on any atom is -0.399 e. The van der Waals surface area contributed by atoms with Crippen molar-refractivity contribution in [2.75, 3.05) is 5.73 Å². The molecule has 74 valence electrons. The van der Waals surface area contributed by atoms with Crippen LogP contribution in [0.25, 0.3) is 0 Å². The van der Waals surface area contributed by atoms with Crippen molar-refractivity contribution in [2.45, 2.75) is 19.8 Å². The van der Waals surface area contributed by atoms with Crippen LogP contribution in [0, 0.1) is 0 Å². The summed E-state index contributed by atoms with van der Waals surface area (Å²) >= 11 is 0. The fraction of sp³-hybridized carbons (Fsp3) is 0.273. The van der Waals surface area contributed by atoms with Crippen LogP contribution in [0.3, 0.4) is 0 Å². The van der Waals surface area contributed by atoms with Crippen LogP contribution < -0.4 is 5.73 Å². The quantitative estimate of drug-likeness (QED) is 0.448. The first-order valence-electron chi connectivity index (χ1n) is 4.54. The van der Waals surface area contributed by atoms with E-state index >= 15 is 0 Å². The van der Waals surface area contributed by atoms with Crippen molar-refractivity contribution in [3.8, 4) is 0 Å². The highest BCUT2D eigenvalue weighted by atomic mass is 16.1. The third-order valence-corrected chi connectivity index (χ3v) is 1.98. The Labute approximate surface area is 82.9 Å². The zero-order valence-electron chi connectivity index (χ0n) is 8.12. The van der Waals surface area contributed by atoms with Crippen molar-refractivity contribution >= 4 is 17.3 Å². The predicted octanol–water partition coefficient (Wildman–Crippen LogP) is 1.82. The molecule has 0 bridgehead atoms. The summed E-state index contributed by atoms with van der Waals surface area (Å²) in [6.45, 7) is 1.75. The fourth-order valence-electron chi connectivity index (χ4n) is 1.08. The molecule has 0 amide bonds. The van der Waals surface area contributed by atoms with Crippen molar-refractivity contribution in [1.29, 1.82) is 0 Å². The lowest BCUT2D eigenvalue weighted by molar-refractivity contribution is -0.117. The molecule has 2 N–H and O–H groups in total. The van der Waals surface area contributed by atoms with E-state index in [0.717, 1.165) is 0 Å². The van der Waals surface area contributed by atoms with E-state index in [0.29, 0.717) is 17.7 Å². The van der Waals surface area contributed by atoms with Gasteiger partial charge in [-0.2, -0.15) is 0 Å². The van der Waals surface area contributed by atoms with Crippen LogP contribution in [-0.4, -0.2) is 11.6 Å². The maximum atomic E-state index is 11.5. The van der Waals surface area contributed by atoms with E-state index in [1.165, 1.54) is 0 Å². The Balaban J connectivity index is 2.70. The summed E-state index contributed by atoms with van der Waals surface area (Å²) in [5, 5.41) is 0. The molecule has 0 fully saturated rings. The Hall–Kier alpha value is -1.64. The maximum Gasteiger partial charge on any atom is 0.170 e. The molecule has 0 heterocycles. The van der Waals surface area contributed by atoms with E-state index in [9.17, 15) is 9.59 Å². The highest BCUT2D eigenvalue weighted by Gasteiger charge is 2.09. The molecular formula is C11H13NO2. The van der Waals surface area contributed by atoms with Crippen molar-refractivity contribution in [1.82, 2.24) is 0 Å². The third-order valence-electron chi connectivity index (χ3n) is 1.98. The van der Waals surface area contributed by atoms with Gasteiger partial charge in [0.1, 0.15) is 5.78 Å². The van der Waals surface area contributed by atoms with Crippen LogP contribution in [0.1, 0.15) is 30.1 Å². The predicted molar refractivity (Wildman–Crippen MR) is 55.1 cm³/mol. The second-order valence-electron chi connectivity index (χ2n) is 3.11. The van der Waals surface area contributed by atoms with Crippen LogP contribution in [0.5, 0.6) is 0 Å². The van der Waals surface area contributed by atoms with Crippen LogP contribution in [-0.2, 0) is 4.79 Å². The first-order chi connectivity index (χ1) is 6.63. The van der Waals surface area contributed by atoms with E-state index in [-0.39, 0.29) is 18.0 Å². The topological polar surface area (TPSA) is 60.2 Å². The van der Waals surface area contributed by atoms with Gasteiger partial charge in [0, 0.05) is 17.7 Å². The van der Waals surface area contributed by atoms with Gasteiger partial charge in [0.2, 0.25) is 0 Å². The van der Waals surface area contributed by atoms with Gasteiger partial charge in [0.05, 0.1) is 6.42 Å². The zero-order valence-corrected chi connectivity index (χ0v) is 8.12. The summed E-state index contributed by atoms with van der Waals surface area (Å²) < 4.78 is 0. The average molecular weight is 191 g/mol. The number of carbonyl (C=O) groups is 2. The van der Waals surface area contributed by atoms with Gasteiger partial charge in [-0.3, -0.25) is 9.59 Å². The zero-order chi connectivity index (χ0) is 10.6. The summed E-state index contributed by atoms with van der Waals surface area (Å²) in [7, 11) is 0. The molecule has 1 aromatic rings. The highest BCUT2D eigenvalue weighted by Crippen LogP contribution is 2.08. The van der Waals surface area contributed by atoms with Crippen LogP contribution in [0.2, 0.25) is 0 Å². The Morgan fingerprint density at radius 2 is 1.79 bits per heavy atom. The SMILES string of the molecule is CCC(=O)CC(=O)c1ccc(N)cc1. The number of hydrogen-bond acceptors (Lipinski definition) is 3. The first-order valence-corrected chi connectivity index (χ1v) is 4.54. The number of nitrogen functional groups attached to an aromatic ring is 1. The Bertz CT molecular complexity index is 341. The van der Waals surface area contributed by atoms with Crippen molar-refractivity contribution in [2.24, 2.45) is 0 Å². The molecule has 0 saturated carbocycles. The molecule has 3 heteroatoms. The summed E-state index contributed by atoms with van der Waals surface area (Å²) in [6, 6.07) is 6.59. The summed E-state index contributed by atoms with van der Waals surface area (Å²) in [6.07, 6.45) is 0.390. The minimum absolute atomic E-state index is 0.0135. The van der Waals surface area contributed by atoms with Gasteiger partial charge >= 0.3 is 0 Å². The van der Waals surface area contributed by atoms with Crippen LogP contribution in [0.15, 0.2) is 24.3 Å². The second kappa shape index (κ2) is 4.56. The monoisotopic (exact) mass is 191 g/mol. The van der Waals surface area contributed by atoms with Gasteiger partial charge in [0.15, 0.2) is 5.78 Å². The molecule has 0 radical (unpaired) electrons. The lowest BCUT2D eigenvalue weighted by Gasteiger charge is -1.99. The molecule has 0 atom stereocenters. The van der Waals surface area contributed by atoms with Crippen molar-refractivity contribution in [3.05, 3.63) is 29.8 Å². The number of benzene rings is 1. The Morgan fingerprint density at radius 1 is 1.21 bits per heavy atom. The first kappa shape index (κ1) is 10.4. The van der Waals surface area contributed by atoms with E-state index < -0.39 is 0 Å². The molecule has 0 aliphatic carbocycles. The molecule has 14 heavy (non-hydrogen) atoms. The number of nitrogens with two attached hydrogens (primary N) is 1. The van der Waals surface area contributed by atoms with Crippen molar-refractivity contribution < 1.29 is 9.59 Å². The van der Waals surface area contributed by atoms with E-state index in [1.54, 1.807) is 31.2 Å². The Morgan fingerprint density at radius 3 is 2.29 bits per heavy atom. The van der Waals surface area contributed by atoms with E-state index in [2.05, 4.69) is 0 Å². The van der Waals surface area contributed by atoms with Gasteiger partial charge in [-0.15, -0.1) is 0 Å². The standard InChI is InChI=1S/C11H13NO2/c1-2-10(13)7-11(14)8-3-5-9(12)6-4-8/h3-6H,2,7,12H2,1H3. The lowest BCUT2D eigenvalue weighted by Crippen LogP contribution is -2.06. The molecule has 0 unspecified atom stereocenters. The number of anilines is 1. The van der Waals surface area contributed by atoms with Crippen LogP contribution >= 0.6 is 0 Å². The van der Waals surface area contributed by atoms with E-state index in [1.807, 2.05) is 0 Å². The molecule has 0 aromatic heterocycles. The average Bonchev–Trinajstić information content (AvgIpc) is 2.18. The number of hydrogen-bond donors (Lipinski definition) is 1. The lowest BCUT2D eigenvalue weighted by atomic mass is 10.0. The van der Waals surface area contributed by atoms with E-state index in [4.69, 9.17) is 5.73 Å². The summed E-state index contributed by atoms with van der Waals surface area (Å²) in [4.78, 5) is 22.5. The molecule has 1 aromatic carbocycles. The van der Waals surface area contributed by atoms with Gasteiger partial charge in [-0.1, -0.05) is 6.92 Å². The largest absolute Gasteiger partial charge is 0.399 e. The minimum atomic E-state index is -0.142. The van der Waals surface area contributed by atoms with Gasteiger partial charge in [0.25, 0.3) is 0 Å². The maximum absolute atomic E-state index is 11.5. The molecule has 0 spiro atoms. The smallest absolute Gasteiger partial charge is 0.170 e. The number of carbonyl (C=O) groups excluding carboxylic acids is 2. The van der Waals surface area contributed by atoms with Gasteiger partial charge < -0.3 is 5.73 Å². The number of rotatable bonds is 4. The fourth-order valence-corrected chi connectivity index (χ4v) is 1.08. The number of ketones is 2. The Kier molecular flexibility index (Phi) is 3.40. The third kappa shape index (κ3) is 2.69. The number of Topliss-reactive ketones (excluding diaryl/α,β-unsaturated/α-hetero) is 2. The molecule has 0 aliphatic rings.